The van der Waals surface area contributed by atoms with Crippen LogP contribution in [0.4, 0.5) is 0 Å². The second kappa shape index (κ2) is 6.59. The van der Waals surface area contributed by atoms with Crippen molar-refractivity contribution in [3.63, 3.8) is 0 Å². The molecular formula is C9H14BrN3O. The Hall–Kier alpha value is -0.840. The number of aromatic nitrogens is 2. The van der Waals surface area contributed by atoms with Crippen molar-refractivity contribution in [3.05, 3.63) is 18.7 Å². The maximum absolute atomic E-state index is 11.0. The maximum Gasteiger partial charge on any atom is 0.220 e. The number of aryl methyl sites for hydroxylation is 1. The van der Waals surface area contributed by atoms with Gasteiger partial charge < -0.3 is 9.88 Å². The summed E-state index contributed by atoms with van der Waals surface area (Å²) in [5, 5.41) is 3.57. The van der Waals surface area contributed by atoms with Gasteiger partial charge in [-0.15, -0.1) is 0 Å². The number of alkyl halides is 1. The molecule has 0 atom stereocenters. The van der Waals surface area contributed by atoms with Gasteiger partial charge in [-0.1, -0.05) is 15.9 Å². The minimum atomic E-state index is 0.104. The molecule has 1 N–H and O–H groups in total. The molecule has 0 aliphatic carbocycles. The summed E-state index contributed by atoms with van der Waals surface area (Å²) in [6, 6.07) is 0. The van der Waals surface area contributed by atoms with Crippen molar-refractivity contribution in [2.24, 2.45) is 0 Å². The smallest absolute Gasteiger partial charge is 0.220 e. The Morgan fingerprint density at radius 2 is 2.43 bits per heavy atom. The van der Waals surface area contributed by atoms with E-state index in [-0.39, 0.29) is 5.91 Å². The van der Waals surface area contributed by atoms with Crippen molar-refractivity contribution in [1.82, 2.24) is 14.9 Å². The van der Waals surface area contributed by atoms with Crippen LogP contribution >= 0.6 is 15.9 Å². The zero-order valence-corrected chi connectivity index (χ0v) is 9.53. The Kier molecular flexibility index (Phi) is 5.29. The Morgan fingerprint density at radius 3 is 3.07 bits per heavy atom. The number of nitrogens with one attached hydrogen (secondary N) is 1. The first-order valence-electron chi connectivity index (χ1n) is 4.61. The number of hydrogen-bond acceptors (Lipinski definition) is 2. The molecule has 1 aromatic heterocycles. The highest BCUT2D eigenvalue weighted by Gasteiger charge is 1.97. The van der Waals surface area contributed by atoms with E-state index < -0.39 is 0 Å². The molecule has 0 fully saturated rings. The molecule has 0 aliphatic rings. The molecule has 0 aromatic carbocycles. The quantitative estimate of drug-likeness (QED) is 0.616. The van der Waals surface area contributed by atoms with E-state index >= 15 is 0 Å². The van der Waals surface area contributed by atoms with Gasteiger partial charge in [0.25, 0.3) is 0 Å². The van der Waals surface area contributed by atoms with Gasteiger partial charge in [0.15, 0.2) is 0 Å². The van der Waals surface area contributed by atoms with Crippen LogP contribution in [0.15, 0.2) is 18.7 Å². The van der Waals surface area contributed by atoms with Gasteiger partial charge in [-0.05, 0) is 6.42 Å². The summed E-state index contributed by atoms with van der Waals surface area (Å²) >= 11 is 3.22. The Balaban J connectivity index is 2.02. The second-order valence-electron chi connectivity index (χ2n) is 2.94. The number of carbonyl (C=O) groups excluding carboxylic acids is 1. The van der Waals surface area contributed by atoms with E-state index in [1.54, 1.807) is 12.5 Å². The fraction of sp³-hybridized carbons (Fsp3) is 0.556. The molecule has 0 aliphatic heterocycles. The standard InChI is InChI=1S/C9H14BrN3O/c10-3-2-9(14)12-4-1-6-13-7-5-11-8-13/h5,7-8H,1-4,6H2,(H,12,14). The van der Waals surface area contributed by atoms with Gasteiger partial charge in [0, 0.05) is 37.2 Å². The predicted octanol–water partition coefficient (Wildman–Crippen LogP) is 1.17. The third kappa shape index (κ3) is 4.41. The van der Waals surface area contributed by atoms with Crippen molar-refractivity contribution >= 4 is 21.8 Å². The molecule has 0 saturated heterocycles. The molecule has 0 unspecified atom stereocenters. The minimum absolute atomic E-state index is 0.104. The zero-order valence-electron chi connectivity index (χ0n) is 7.95. The predicted molar refractivity (Wildman–Crippen MR) is 58.3 cm³/mol. The molecule has 5 heteroatoms. The highest BCUT2D eigenvalue weighted by molar-refractivity contribution is 9.09. The number of halogens is 1. The number of nitrogens with zero attached hydrogens (tertiary/aromatic N) is 2. The van der Waals surface area contributed by atoms with Gasteiger partial charge in [-0.3, -0.25) is 4.79 Å². The van der Waals surface area contributed by atoms with E-state index in [0.29, 0.717) is 6.42 Å². The second-order valence-corrected chi connectivity index (χ2v) is 3.74. The van der Waals surface area contributed by atoms with Gasteiger partial charge in [0.1, 0.15) is 0 Å². The average Bonchev–Trinajstić information content (AvgIpc) is 2.65. The lowest BCUT2D eigenvalue weighted by Gasteiger charge is -2.04. The molecule has 0 saturated carbocycles. The van der Waals surface area contributed by atoms with Gasteiger partial charge in [-0.25, -0.2) is 4.98 Å². The van der Waals surface area contributed by atoms with Crippen LogP contribution in [-0.4, -0.2) is 27.3 Å². The molecule has 0 spiro atoms. The molecule has 0 radical (unpaired) electrons. The number of hydrogen-bond donors (Lipinski definition) is 1. The summed E-state index contributed by atoms with van der Waals surface area (Å²) in [4.78, 5) is 15.0. The summed E-state index contributed by atoms with van der Waals surface area (Å²) in [6.07, 6.45) is 6.93. The van der Waals surface area contributed by atoms with E-state index in [1.165, 1.54) is 0 Å². The Morgan fingerprint density at radius 1 is 1.57 bits per heavy atom. The summed E-state index contributed by atoms with van der Waals surface area (Å²) in [7, 11) is 0. The molecule has 14 heavy (non-hydrogen) atoms. The van der Waals surface area contributed by atoms with E-state index in [1.807, 2.05) is 10.8 Å². The van der Waals surface area contributed by atoms with Crippen LogP contribution in [0.2, 0.25) is 0 Å². The Bertz CT molecular complexity index is 261. The number of rotatable bonds is 6. The lowest BCUT2D eigenvalue weighted by Crippen LogP contribution is -2.25. The normalized spacial score (nSPS) is 10.1. The molecule has 4 nitrogen and oxygen atoms in total. The number of imidazole rings is 1. The average molecular weight is 260 g/mol. The lowest BCUT2D eigenvalue weighted by atomic mass is 10.4. The largest absolute Gasteiger partial charge is 0.356 e. The van der Waals surface area contributed by atoms with Gasteiger partial charge in [0.2, 0.25) is 5.91 Å². The van der Waals surface area contributed by atoms with E-state index in [9.17, 15) is 4.79 Å². The van der Waals surface area contributed by atoms with Crippen LogP contribution in [0, 0.1) is 0 Å². The monoisotopic (exact) mass is 259 g/mol. The van der Waals surface area contributed by atoms with Crippen LogP contribution in [0.5, 0.6) is 0 Å². The lowest BCUT2D eigenvalue weighted by molar-refractivity contribution is -0.120. The SMILES string of the molecule is O=C(CCBr)NCCCn1ccnc1. The third-order valence-corrected chi connectivity index (χ3v) is 2.19. The summed E-state index contributed by atoms with van der Waals surface area (Å²) < 4.78 is 2.00. The molecule has 0 bridgehead atoms. The van der Waals surface area contributed by atoms with E-state index in [2.05, 4.69) is 26.2 Å². The van der Waals surface area contributed by atoms with Crippen molar-refractivity contribution in [2.45, 2.75) is 19.4 Å². The number of carbonyl (C=O) groups is 1. The van der Waals surface area contributed by atoms with Crippen LogP contribution in [0.25, 0.3) is 0 Å². The van der Waals surface area contributed by atoms with Crippen molar-refractivity contribution in [3.8, 4) is 0 Å². The fourth-order valence-corrected chi connectivity index (χ4v) is 1.44. The third-order valence-electron chi connectivity index (χ3n) is 1.80. The topological polar surface area (TPSA) is 46.9 Å². The highest BCUT2D eigenvalue weighted by Crippen LogP contribution is 1.90. The molecule has 1 aromatic rings. The van der Waals surface area contributed by atoms with Crippen LogP contribution in [-0.2, 0) is 11.3 Å². The first-order chi connectivity index (χ1) is 6.83. The van der Waals surface area contributed by atoms with Crippen LogP contribution in [0.3, 0.4) is 0 Å². The van der Waals surface area contributed by atoms with E-state index in [4.69, 9.17) is 0 Å². The van der Waals surface area contributed by atoms with Gasteiger partial charge >= 0.3 is 0 Å². The summed E-state index contributed by atoms with van der Waals surface area (Å²) in [6.45, 7) is 1.62. The molecule has 1 amide bonds. The summed E-state index contributed by atoms with van der Waals surface area (Å²) in [5.41, 5.74) is 0. The highest BCUT2D eigenvalue weighted by atomic mass is 79.9. The van der Waals surface area contributed by atoms with Gasteiger partial charge in [0.05, 0.1) is 6.33 Å². The first kappa shape index (κ1) is 11.2. The number of amides is 1. The first-order valence-corrected chi connectivity index (χ1v) is 5.73. The van der Waals surface area contributed by atoms with E-state index in [0.717, 1.165) is 24.8 Å². The minimum Gasteiger partial charge on any atom is -0.356 e. The van der Waals surface area contributed by atoms with Gasteiger partial charge in [-0.2, -0.15) is 0 Å². The molecule has 1 rings (SSSR count). The van der Waals surface area contributed by atoms with Crippen molar-refractivity contribution in [2.75, 3.05) is 11.9 Å². The van der Waals surface area contributed by atoms with Crippen LogP contribution in [0.1, 0.15) is 12.8 Å². The van der Waals surface area contributed by atoms with Crippen LogP contribution < -0.4 is 5.32 Å². The van der Waals surface area contributed by atoms with Crippen molar-refractivity contribution < 1.29 is 4.79 Å². The molecular weight excluding hydrogens is 246 g/mol. The summed E-state index contributed by atoms with van der Waals surface area (Å²) in [5.74, 6) is 0.104. The zero-order chi connectivity index (χ0) is 10.2. The fourth-order valence-electron chi connectivity index (χ4n) is 1.08. The molecule has 78 valence electrons. The maximum atomic E-state index is 11.0. The Labute approximate surface area is 91.8 Å². The van der Waals surface area contributed by atoms with Crippen molar-refractivity contribution in [1.29, 1.82) is 0 Å². The molecule has 1 heterocycles.